The first kappa shape index (κ1) is 14.8. The minimum atomic E-state index is -0.521. The van der Waals surface area contributed by atoms with Crippen molar-refractivity contribution >= 4 is 17.5 Å². The number of carbonyl (C=O) groups is 1. The highest BCUT2D eigenvalue weighted by molar-refractivity contribution is 6.32. The van der Waals surface area contributed by atoms with Crippen LogP contribution in [-0.4, -0.2) is 18.1 Å². The Morgan fingerprint density at radius 3 is 2.17 bits per heavy atom. The molecule has 1 amide bonds. The number of ether oxygens (including phenoxy) is 1. The van der Waals surface area contributed by atoms with Crippen molar-refractivity contribution in [2.75, 3.05) is 0 Å². The molecule has 0 bridgehead atoms. The van der Waals surface area contributed by atoms with Gasteiger partial charge in [-0.1, -0.05) is 11.6 Å². The van der Waals surface area contributed by atoms with E-state index in [4.69, 9.17) is 16.3 Å². The summed E-state index contributed by atoms with van der Waals surface area (Å²) in [4.78, 5) is 11.7. The minimum absolute atomic E-state index is 0.109. The molecule has 1 aromatic rings. The molecule has 0 saturated heterocycles. The largest absolute Gasteiger partial charge is 0.481 e. The molecule has 0 fully saturated rings. The van der Waals surface area contributed by atoms with Gasteiger partial charge in [-0.25, -0.2) is 0 Å². The normalized spacial score (nSPS) is 12.4. The number of nitrogens with one attached hydrogen (secondary N) is 1. The second-order valence-electron chi connectivity index (χ2n) is 4.79. The zero-order valence-corrected chi connectivity index (χ0v) is 12.3. The molecule has 1 aromatic carbocycles. The first-order valence-corrected chi connectivity index (χ1v) is 6.42. The summed E-state index contributed by atoms with van der Waals surface area (Å²) >= 11 is 6.08. The fourth-order valence-corrected chi connectivity index (χ4v) is 1.74. The van der Waals surface area contributed by atoms with Gasteiger partial charge in [0.05, 0.1) is 0 Å². The van der Waals surface area contributed by atoms with E-state index in [-0.39, 0.29) is 11.9 Å². The maximum absolute atomic E-state index is 11.7. The number of benzene rings is 1. The van der Waals surface area contributed by atoms with E-state index in [1.165, 1.54) is 0 Å². The van der Waals surface area contributed by atoms with Crippen LogP contribution in [0, 0.1) is 13.8 Å². The van der Waals surface area contributed by atoms with Crippen LogP contribution in [0.15, 0.2) is 12.1 Å². The third-order valence-corrected chi connectivity index (χ3v) is 3.12. The van der Waals surface area contributed by atoms with Gasteiger partial charge in [-0.05, 0) is 57.9 Å². The van der Waals surface area contributed by atoms with Crippen molar-refractivity contribution in [1.29, 1.82) is 0 Å². The molecule has 18 heavy (non-hydrogen) atoms. The van der Waals surface area contributed by atoms with Crippen LogP contribution in [0.4, 0.5) is 0 Å². The number of halogens is 1. The molecule has 1 N–H and O–H groups in total. The lowest BCUT2D eigenvalue weighted by molar-refractivity contribution is -0.127. The fraction of sp³-hybridized carbons (Fsp3) is 0.500. The summed E-state index contributed by atoms with van der Waals surface area (Å²) < 4.78 is 5.62. The number of aryl methyl sites for hydroxylation is 2. The summed E-state index contributed by atoms with van der Waals surface area (Å²) in [6.45, 7) is 9.40. The molecule has 0 aromatic heterocycles. The first-order chi connectivity index (χ1) is 8.31. The van der Waals surface area contributed by atoms with Crippen molar-refractivity contribution in [3.8, 4) is 5.75 Å². The predicted molar refractivity (Wildman–Crippen MR) is 74.3 cm³/mol. The average Bonchev–Trinajstić information content (AvgIpc) is 2.24. The van der Waals surface area contributed by atoms with E-state index in [9.17, 15) is 4.79 Å². The quantitative estimate of drug-likeness (QED) is 0.911. The van der Waals surface area contributed by atoms with E-state index in [0.717, 1.165) is 16.1 Å². The van der Waals surface area contributed by atoms with Gasteiger partial charge in [-0.2, -0.15) is 0 Å². The van der Waals surface area contributed by atoms with Gasteiger partial charge in [0.2, 0.25) is 0 Å². The van der Waals surface area contributed by atoms with Crippen LogP contribution in [0.5, 0.6) is 5.75 Å². The number of hydrogen-bond donors (Lipinski definition) is 1. The topological polar surface area (TPSA) is 38.3 Å². The Morgan fingerprint density at radius 1 is 1.22 bits per heavy atom. The van der Waals surface area contributed by atoms with Crippen LogP contribution in [0.3, 0.4) is 0 Å². The van der Waals surface area contributed by atoms with Crippen molar-refractivity contribution in [2.45, 2.75) is 46.8 Å². The number of amides is 1. The summed E-state index contributed by atoms with van der Waals surface area (Å²) in [6.07, 6.45) is -0.521. The van der Waals surface area contributed by atoms with Crippen LogP contribution in [0.1, 0.15) is 31.9 Å². The Bertz CT molecular complexity index is 420. The summed E-state index contributed by atoms with van der Waals surface area (Å²) in [7, 11) is 0. The lowest BCUT2D eigenvalue weighted by atomic mass is 10.1. The highest BCUT2D eigenvalue weighted by Crippen LogP contribution is 2.26. The fourth-order valence-electron chi connectivity index (χ4n) is 1.63. The van der Waals surface area contributed by atoms with Crippen molar-refractivity contribution in [1.82, 2.24) is 5.32 Å². The zero-order chi connectivity index (χ0) is 13.9. The second kappa shape index (κ2) is 6.10. The van der Waals surface area contributed by atoms with E-state index in [1.54, 1.807) is 6.92 Å². The highest BCUT2D eigenvalue weighted by atomic mass is 35.5. The number of carbonyl (C=O) groups excluding carboxylic acids is 1. The summed E-state index contributed by atoms with van der Waals surface area (Å²) in [6, 6.07) is 3.79. The van der Waals surface area contributed by atoms with E-state index in [1.807, 2.05) is 39.8 Å². The molecule has 0 spiro atoms. The van der Waals surface area contributed by atoms with Gasteiger partial charge in [0.1, 0.15) is 5.75 Å². The monoisotopic (exact) mass is 269 g/mol. The molecule has 0 aliphatic rings. The molecular formula is C14H20ClNO2. The molecule has 4 heteroatoms. The van der Waals surface area contributed by atoms with E-state index >= 15 is 0 Å². The van der Waals surface area contributed by atoms with Crippen LogP contribution in [-0.2, 0) is 4.79 Å². The molecule has 1 unspecified atom stereocenters. The van der Waals surface area contributed by atoms with Crippen molar-refractivity contribution in [2.24, 2.45) is 0 Å². The molecular weight excluding hydrogens is 250 g/mol. The van der Waals surface area contributed by atoms with Crippen LogP contribution in [0.2, 0.25) is 5.02 Å². The maximum atomic E-state index is 11.7. The molecule has 1 rings (SSSR count). The number of rotatable bonds is 4. The lowest BCUT2D eigenvalue weighted by Gasteiger charge is -2.17. The summed E-state index contributed by atoms with van der Waals surface area (Å²) in [5, 5.41) is 3.55. The highest BCUT2D eigenvalue weighted by Gasteiger charge is 2.16. The molecule has 0 aliphatic heterocycles. The third-order valence-electron chi connectivity index (χ3n) is 2.52. The van der Waals surface area contributed by atoms with E-state index < -0.39 is 6.10 Å². The van der Waals surface area contributed by atoms with Crippen molar-refractivity contribution in [3.63, 3.8) is 0 Å². The molecule has 1 atom stereocenters. The Balaban J connectivity index is 2.76. The van der Waals surface area contributed by atoms with Crippen LogP contribution in [0.25, 0.3) is 0 Å². The van der Waals surface area contributed by atoms with Gasteiger partial charge in [0.25, 0.3) is 5.91 Å². The molecule has 0 saturated carbocycles. The average molecular weight is 270 g/mol. The van der Waals surface area contributed by atoms with Gasteiger partial charge in [-0.15, -0.1) is 0 Å². The third kappa shape index (κ3) is 3.91. The molecule has 0 heterocycles. The van der Waals surface area contributed by atoms with Crippen molar-refractivity contribution in [3.05, 3.63) is 28.3 Å². The molecule has 0 radical (unpaired) electrons. The van der Waals surface area contributed by atoms with Gasteiger partial charge in [0, 0.05) is 11.1 Å². The smallest absolute Gasteiger partial charge is 0.260 e. The summed E-state index contributed by atoms with van der Waals surface area (Å²) in [5.41, 5.74) is 1.89. The van der Waals surface area contributed by atoms with E-state index in [2.05, 4.69) is 5.32 Å². The van der Waals surface area contributed by atoms with Gasteiger partial charge < -0.3 is 10.1 Å². The van der Waals surface area contributed by atoms with Crippen molar-refractivity contribution < 1.29 is 9.53 Å². The Labute approximate surface area is 113 Å². The Hall–Kier alpha value is -1.22. The summed E-state index contributed by atoms with van der Waals surface area (Å²) in [5.74, 6) is 0.552. The zero-order valence-electron chi connectivity index (χ0n) is 11.5. The van der Waals surface area contributed by atoms with Crippen LogP contribution >= 0.6 is 11.6 Å². The van der Waals surface area contributed by atoms with Gasteiger partial charge in [-0.3, -0.25) is 4.79 Å². The van der Waals surface area contributed by atoms with Gasteiger partial charge in [0.15, 0.2) is 6.10 Å². The van der Waals surface area contributed by atoms with E-state index in [0.29, 0.717) is 5.75 Å². The molecule has 3 nitrogen and oxygen atoms in total. The first-order valence-electron chi connectivity index (χ1n) is 6.05. The number of hydrogen-bond acceptors (Lipinski definition) is 2. The standard InChI is InChI=1S/C14H20ClNO2/c1-8(2)16-14(17)11(5)18-12-6-9(3)13(15)10(4)7-12/h6-8,11H,1-5H3,(H,16,17). The lowest BCUT2D eigenvalue weighted by Crippen LogP contribution is -2.40. The molecule has 0 aliphatic carbocycles. The minimum Gasteiger partial charge on any atom is -0.481 e. The predicted octanol–water partition coefficient (Wildman–Crippen LogP) is 3.25. The molecule has 100 valence electrons. The second-order valence-corrected chi connectivity index (χ2v) is 5.17. The Kier molecular flexibility index (Phi) is 5.03. The maximum Gasteiger partial charge on any atom is 0.260 e. The van der Waals surface area contributed by atoms with Gasteiger partial charge >= 0.3 is 0 Å². The Morgan fingerprint density at radius 2 is 1.72 bits per heavy atom. The SMILES string of the molecule is Cc1cc(OC(C)C(=O)NC(C)C)cc(C)c1Cl. The van der Waals surface area contributed by atoms with Crippen LogP contribution < -0.4 is 10.1 Å².